The lowest BCUT2D eigenvalue weighted by atomic mass is 10.1. The predicted molar refractivity (Wildman–Crippen MR) is 121 cm³/mol. The lowest BCUT2D eigenvalue weighted by Crippen LogP contribution is -2.20. The van der Waals surface area contributed by atoms with Gasteiger partial charge < -0.3 is 26.7 Å². The lowest BCUT2D eigenvalue weighted by molar-refractivity contribution is 0.0227. The highest BCUT2D eigenvalue weighted by Crippen LogP contribution is 2.19. The van der Waals surface area contributed by atoms with Crippen LogP contribution in [0, 0.1) is 5.41 Å². The SMILES string of the molecule is N=C(OC(N)=Nc1ccc(C(C=NC2CCCCO2)=CN)cc1)c1cccc(N)c1. The van der Waals surface area contributed by atoms with Gasteiger partial charge in [0, 0.05) is 35.8 Å². The molecule has 8 heteroatoms. The van der Waals surface area contributed by atoms with E-state index < -0.39 is 0 Å². The van der Waals surface area contributed by atoms with Crippen LogP contribution in [-0.2, 0) is 9.47 Å². The van der Waals surface area contributed by atoms with Crippen LogP contribution in [0.5, 0.6) is 0 Å². The summed E-state index contributed by atoms with van der Waals surface area (Å²) >= 11 is 0. The van der Waals surface area contributed by atoms with Crippen molar-refractivity contribution in [2.45, 2.75) is 25.5 Å². The molecule has 0 radical (unpaired) electrons. The molecular formula is C22H26N6O2. The Bertz CT molecular complexity index is 960. The van der Waals surface area contributed by atoms with Crippen LogP contribution in [0.15, 0.2) is 64.7 Å². The summed E-state index contributed by atoms with van der Waals surface area (Å²) in [5.41, 5.74) is 20.6. The second-order valence-electron chi connectivity index (χ2n) is 6.77. The van der Waals surface area contributed by atoms with Crippen LogP contribution < -0.4 is 17.2 Å². The van der Waals surface area contributed by atoms with Gasteiger partial charge in [0.25, 0.3) is 6.02 Å². The number of hydrogen-bond donors (Lipinski definition) is 4. The maximum atomic E-state index is 7.98. The fraction of sp³-hybridized carbons (Fsp3) is 0.227. The molecule has 1 fully saturated rings. The molecule has 3 rings (SSSR count). The summed E-state index contributed by atoms with van der Waals surface area (Å²) in [5, 5.41) is 7.98. The number of nitrogens with two attached hydrogens (primary N) is 3. The smallest absolute Gasteiger partial charge is 0.294 e. The van der Waals surface area contributed by atoms with Gasteiger partial charge >= 0.3 is 0 Å². The molecule has 1 unspecified atom stereocenters. The Morgan fingerprint density at radius 1 is 1.13 bits per heavy atom. The van der Waals surface area contributed by atoms with E-state index in [1.165, 1.54) is 6.20 Å². The molecule has 1 heterocycles. The molecule has 0 aliphatic carbocycles. The molecule has 0 saturated carbocycles. The van der Waals surface area contributed by atoms with E-state index in [9.17, 15) is 0 Å². The Morgan fingerprint density at radius 3 is 2.60 bits per heavy atom. The van der Waals surface area contributed by atoms with Crippen LogP contribution in [0.1, 0.15) is 30.4 Å². The van der Waals surface area contributed by atoms with Crippen LogP contribution in [0.4, 0.5) is 11.4 Å². The van der Waals surface area contributed by atoms with Gasteiger partial charge in [0.2, 0.25) is 5.90 Å². The van der Waals surface area contributed by atoms with E-state index in [1.807, 2.05) is 12.1 Å². The summed E-state index contributed by atoms with van der Waals surface area (Å²) in [6.07, 6.45) is 6.26. The molecule has 2 aromatic carbocycles. The van der Waals surface area contributed by atoms with E-state index in [0.717, 1.165) is 37.0 Å². The van der Waals surface area contributed by atoms with Crippen molar-refractivity contribution in [1.82, 2.24) is 0 Å². The van der Waals surface area contributed by atoms with Crippen molar-refractivity contribution in [1.29, 1.82) is 5.41 Å². The summed E-state index contributed by atoms with van der Waals surface area (Å²) in [6.45, 7) is 0.745. The van der Waals surface area contributed by atoms with Gasteiger partial charge in [0.15, 0.2) is 0 Å². The molecule has 1 aliphatic heterocycles. The highest BCUT2D eigenvalue weighted by atomic mass is 16.5. The molecule has 0 spiro atoms. The molecule has 1 aliphatic rings. The van der Waals surface area contributed by atoms with Crippen molar-refractivity contribution in [2.75, 3.05) is 12.3 Å². The van der Waals surface area contributed by atoms with Crippen molar-refractivity contribution in [3.05, 3.63) is 65.9 Å². The van der Waals surface area contributed by atoms with Crippen LogP contribution in [-0.4, -0.2) is 31.0 Å². The highest BCUT2D eigenvalue weighted by molar-refractivity contribution is 6.09. The molecule has 0 bridgehead atoms. The molecule has 7 N–H and O–H groups in total. The first kappa shape index (κ1) is 21.1. The monoisotopic (exact) mass is 406 g/mol. The van der Waals surface area contributed by atoms with Crippen molar-refractivity contribution >= 4 is 35.1 Å². The summed E-state index contributed by atoms with van der Waals surface area (Å²) in [6, 6.07) is 14.0. The van der Waals surface area contributed by atoms with Gasteiger partial charge in [-0.3, -0.25) is 10.4 Å². The number of benzene rings is 2. The first-order chi connectivity index (χ1) is 14.5. The van der Waals surface area contributed by atoms with Crippen molar-refractivity contribution in [3.63, 3.8) is 0 Å². The molecular weight excluding hydrogens is 380 g/mol. The van der Waals surface area contributed by atoms with Crippen molar-refractivity contribution < 1.29 is 9.47 Å². The molecule has 0 aromatic heterocycles. The number of nitrogens with one attached hydrogen (secondary N) is 1. The van der Waals surface area contributed by atoms with Gasteiger partial charge in [-0.25, -0.2) is 0 Å². The Hall–Kier alpha value is -3.65. The Morgan fingerprint density at radius 2 is 1.93 bits per heavy atom. The number of allylic oxidation sites excluding steroid dienone is 1. The lowest BCUT2D eigenvalue weighted by Gasteiger charge is -2.18. The van der Waals surface area contributed by atoms with Crippen LogP contribution in [0.25, 0.3) is 5.57 Å². The molecule has 1 saturated heterocycles. The van der Waals surface area contributed by atoms with Crippen molar-refractivity contribution in [3.8, 4) is 0 Å². The maximum Gasteiger partial charge on any atom is 0.294 e. The summed E-state index contributed by atoms with van der Waals surface area (Å²) < 4.78 is 10.9. The fourth-order valence-electron chi connectivity index (χ4n) is 2.94. The number of nitrogens with zero attached hydrogens (tertiary/aromatic N) is 2. The molecule has 1 atom stereocenters. The number of nitrogen functional groups attached to an aromatic ring is 1. The van der Waals surface area contributed by atoms with E-state index in [0.29, 0.717) is 16.9 Å². The van der Waals surface area contributed by atoms with Crippen LogP contribution in [0.3, 0.4) is 0 Å². The zero-order chi connectivity index (χ0) is 21.3. The third-order valence-electron chi connectivity index (χ3n) is 4.51. The maximum absolute atomic E-state index is 7.98. The standard InChI is InChI=1S/C22H26N6O2/c23-13-17(14-27-20-6-1-2-11-29-20)15-7-9-19(10-8-15)28-22(26)30-21(25)16-4-3-5-18(24)12-16/h3-5,7-10,12-14,20,25H,1-2,6,11,23-24H2,(H2,26,28). The first-order valence-electron chi connectivity index (χ1n) is 9.69. The molecule has 30 heavy (non-hydrogen) atoms. The molecule has 8 nitrogen and oxygen atoms in total. The minimum absolute atomic E-state index is 0.107. The Balaban J connectivity index is 1.63. The summed E-state index contributed by atoms with van der Waals surface area (Å²) in [7, 11) is 0. The predicted octanol–water partition coefficient (Wildman–Crippen LogP) is 3.15. The zero-order valence-corrected chi connectivity index (χ0v) is 16.6. The number of aliphatic imine (C=N–C) groups is 2. The zero-order valence-electron chi connectivity index (χ0n) is 16.6. The minimum Gasteiger partial charge on any atom is -0.407 e. The largest absolute Gasteiger partial charge is 0.407 e. The van der Waals surface area contributed by atoms with E-state index in [1.54, 1.807) is 42.6 Å². The quantitative estimate of drug-likeness (QED) is 0.342. The average molecular weight is 406 g/mol. The third kappa shape index (κ3) is 5.92. The number of hydrogen-bond acceptors (Lipinski definition) is 7. The number of rotatable bonds is 5. The van der Waals surface area contributed by atoms with Gasteiger partial charge in [-0.2, -0.15) is 4.99 Å². The highest BCUT2D eigenvalue weighted by Gasteiger charge is 2.11. The summed E-state index contributed by atoms with van der Waals surface area (Å²) in [5.74, 6) is -0.130. The number of amidine groups is 1. The van der Waals surface area contributed by atoms with E-state index in [-0.39, 0.29) is 18.1 Å². The Labute approximate surface area is 175 Å². The van der Waals surface area contributed by atoms with E-state index in [2.05, 4.69) is 9.98 Å². The topological polar surface area (TPSA) is 145 Å². The van der Waals surface area contributed by atoms with E-state index >= 15 is 0 Å². The van der Waals surface area contributed by atoms with Gasteiger partial charge in [-0.15, -0.1) is 0 Å². The van der Waals surface area contributed by atoms with Crippen LogP contribution in [0.2, 0.25) is 0 Å². The van der Waals surface area contributed by atoms with Crippen LogP contribution >= 0.6 is 0 Å². The average Bonchev–Trinajstić information content (AvgIpc) is 2.76. The summed E-state index contributed by atoms with van der Waals surface area (Å²) in [4.78, 5) is 8.66. The normalized spacial score (nSPS) is 17.8. The number of ether oxygens (including phenoxy) is 2. The van der Waals surface area contributed by atoms with E-state index in [4.69, 9.17) is 32.1 Å². The third-order valence-corrected chi connectivity index (χ3v) is 4.51. The second kappa shape index (κ2) is 10.2. The van der Waals surface area contributed by atoms with Gasteiger partial charge in [0.05, 0.1) is 5.69 Å². The van der Waals surface area contributed by atoms with Gasteiger partial charge in [-0.1, -0.05) is 18.2 Å². The fourth-order valence-corrected chi connectivity index (χ4v) is 2.94. The Kier molecular flexibility index (Phi) is 7.18. The first-order valence-corrected chi connectivity index (χ1v) is 9.69. The molecule has 156 valence electrons. The molecule has 0 amide bonds. The molecule has 2 aromatic rings. The van der Waals surface area contributed by atoms with Crippen molar-refractivity contribution in [2.24, 2.45) is 21.5 Å². The minimum atomic E-state index is -0.138. The van der Waals surface area contributed by atoms with Gasteiger partial charge in [0.1, 0.15) is 6.23 Å². The second-order valence-corrected chi connectivity index (χ2v) is 6.77. The number of anilines is 1. The van der Waals surface area contributed by atoms with Gasteiger partial charge in [-0.05, 0) is 55.2 Å².